The molecule has 1 saturated heterocycles. The lowest BCUT2D eigenvalue weighted by Crippen LogP contribution is -2.49. The number of nitrogens with zero attached hydrogens (tertiary/aromatic N) is 2. The van der Waals surface area contributed by atoms with Crippen molar-refractivity contribution in [1.82, 2.24) is 9.80 Å². The molecule has 1 fully saturated rings. The fourth-order valence-electron chi connectivity index (χ4n) is 3.30. The molecule has 0 aliphatic carbocycles. The van der Waals surface area contributed by atoms with E-state index in [1.165, 1.54) is 18.4 Å². The molecule has 26 heavy (non-hydrogen) atoms. The highest BCUT2D eigenvalue weighted by Crippen LogP contribution is 2.27. The van der Waals surface area contributed by atoms with E-state index in [0.717, 1.165) is 5.56 Å². The van der Waals surface area contributed by atoms with Crippen LogP contribution >= 0.6 is 0 Å². The van der Waals surface area contributed by atoms with Crippen LogP contribution in [0, 0.1) is 5.82 Å². The molecule has 0 spiro atoms. The van der Waals surface area contributed by atoms with Crippen LogP contribution in [0.1, 0.15) is 35.0 Å². The van der Waals surface area contributed by atoms with Crippen LogP contribution in [0.15, 0.2) is 47.1 Å². The Morgan fingerprint density at radius 1 is 1.12 bits per heavy atom. The van der Waals surface area contributed by atoms with Gasteiger partial charge in [0.05, 0.1) is 6.26 Å². The number of piperazine rings is 1. The first-order chi connectivity index (χ1) is 12.5. The summed E-state index contributed by atoms with van der Waals surface area (Å²) in [4.78, 5) is 27.2. The van der Waals surface area contributed by atoms with Gasteiger partial charge in [-0.15, -0.1) is 0 Å². The number of furan rings is 1. The van der Waals surface area contributed by atoms with Crippen LogP contribution < -0.4 is 0 Å². The molecular weight excluding hydrogens is 339 g/mol. The molecule has 0 bridgehead atoms. The Morgan fingerprint density at radius 2 is 1.81 bits per heavy atom. The molecule has 138 valence electrons. The predicted octanol–water partition coefficient (Wildman–Crippen LogP) is 2.78. The lowest BCUT2D eigenvalue weighted by molar-refractivity contribution is -0.137. The fourth-order valence-corrected chi connectivity index (χ4v) is 3.30. The van der Waals surface area contributed by atoms with Gasteiger partial charge in [0.15, 0.2) is 5.76 Å². The van der Waals surface area contributed by atoms with Gasteiger partial charge >= 0.3 is 5.97 Å². The van der Waals surface area contributed by atoms with Crippen LogP contribution in [0.5, 0.6) is 0 Å². The summed E-state index contributed by atoms with van der Waals surface area (Å²) >= 11 is 0. The van der Waals surface area contributed by atoms with Crippen molar-refractivity contribution in [2.75, 3.05) is 26.2 Å². The second-order valence-electron chi connectivity index (χ2n) is 6.31. The van der Waals surface area contributed by atoms with E-state index < -0.39 is 5.97 Å². The maximum absolute atomic E-state index is 13.2. The van der Waals surface area contributed by atoms with E-state index in [4.69, 9.17) is 9.52 Å². The molecular formula is C19H21FN2O4. The highest BCUT2D eigenvalue weighted by Gasteiger charge is 2.28. The molecule has 1 aliphatic heterocycles. The second-order valence-corrected chi connectivity index (χ2v) is 6.31. The number of carboxylic acid groups (broad SMARTS) is 1. The van der Waals surface area contributed by atoms with Crippen molar-refractivity contribution in [1.29, 1.82) is 0 Å². The third-order valence-corrected chi connectivity index (χ3v) is 4.66. The SMILES string of the molecule is O=C(O)CC[C@@H](c1ccc(F)cc1)N1CCN(C(=O)c2ccco2)CC1. The maximum Gasteiger partial charge on any atom is 0.303 e. The number of carbonyl (C=O) groups excluding carboxylic acids is 1. The van der Waals surface area contributed by atoms with Crippen molar-refractivity contribution < 1.29 is 23.5 Å². The van der Waals surface area contributed by atoms with Crippen LogP contribution in [0.3, 0.4) is 0 Å². The van der Waals surface area contributed by atoms with E-state index >= 15 is 0 Å². The van der Waals surface area contributed by atoms with E-state index in [-0.39, 0.29) is 24.2 Å². The second kappa shape index (κ2) is 8.14. The number of hydrogen-bond donors (Lipinski definition) is 1. The Bertz CT molecular complexity index is 737. The van der Waals surface area contributed by atoms with E-state index in [1.807, 2.05) is 0 Å². The van der Waals surface area contributed by atoms with E-state index in [1.54, 1.807) is 29.2 Å². The lowest BCUT2D eigenvalue weighted by Gasteiger charge is -2.39. The molecule has 0 unspecified atom stereocenters. The van der Waals surface area contributed by atoms with Gasteiger partial charge in [-0.25, -0.2) is 4.39 Å². The van der Waals surface area contributed by atoms with Crippen molar-refractivity contribution in [3.8, 4) is 0 Å². The highest BCUT2D eigenvalue weighted by atomic mass is 19.1. The van der Waals surface area contributed by atoms with Gasteiger partial charge in [-0.05, 0) is 36.2 Å². The summed E-state index contributed by atoms with van der Waals surface area (Å²) in [6, 6.07) is 9.37. The zero-order valence-corrected chi connectivity index (χ0v) is 14.3. The van der Waals surface area contributed by atoms with E-state index in [2.05, 4.69) is 4.90 Å². The van der Waals surface area contributed by atoms with Gasteiger partial charge in [0, 0.05) is 38.6 Å². The van der Waals surface area contributed by atoms with Gasteiger partial charge in [-0.1, -0.05) is 12.1 Å². The minimum Gasteiger partial charge on any atom is -0.481 e. The smallest absolute Gasteiger partial charge is 0.303 e. The van der Waals surface area contributed by atoms with Crippen molar-refractivity contribution >= 4 is 11.9 Å². The predicted molar refractivity (Wildman–Crippen MR) is 92.2 cm³/mol. The third kappa shape index (κ3) is 4.29. The zero-order valence-electron chi connectivity index (χ0n) is 14.3. The minimum atomic E-state index is -0.858. The minimum absolute atomic E-state index is 0.0353. The van der Waals surface area contributed by atoms with Crippen molar-refractivity contribution in [2.45, 2.75) is 18.9 Å². The van der Waals surface area contributed by atoms with Crippen LogP contribution in [0.4, 0.5) is 4.39 Å². The molecule has 1 amide bonds. The molecule has 3 rings (SSSR count). The summed E-state index contributed by atoms with van der Waals surface area (Å²) in [5.41, 5.74) is 0.887. The number of hydrogen-bond acceptors (Lipinski definition) is 4. The van der Waals surface area contributed by atoms with Gasteiger partial charge in [-0.2, -0.15) is 0 Å². The number of amides is 1. The van der Waals surface area contributed by atoms with E-state index in [0.29, 0.717) is 38.4 Å². The molecule has 7 heteroatoms. The van der Waals surface area contributed by atoms with Crippen LogP contribution in [0.2, 0.25) is 0 Å². The number of carboxylic acids is 1. The maximum atomic E-state index is 13.2. The summed E-state index contributed by atoms with van der Waals surface area (Å²) in [5, 5.41) is 9.03. The first-order valence-electron chi connectivity index (χ1n) is 8.58. The monoisotopic (exact) mass is 360 g/mol. The van der Waals surface area contributed by atoms with Crippen LogP contribution in [-0.4, -0.2) is 53.0 Å². The van der Waals surface area contributed by atoms with Gasteiger partial charge < -0.3 is 14.4 Å². The molecule has 1 N–H and O–H groups in total. The Morgan fingerprint density at radius 3 is 2.38 bits per heavy atom. The Balaban J connectivity index is 1.67. The van der Waals surface area contributed by atoms with Gasteiger partial charge in [0.1, 0.15) is 5.82 Å². The molecule has 1 aromatic heterocycles. The fraction of sp³-hybridized carbons (Fsp3) is 0.368. The molecule has 1 aliphatic rings. The molecule has 1 atom stereocenters. The summed E-state index contributed by atoms with van der Waals surface area (Å²) < 4.78 is 18.4. The largest absolute Gasteiger partial charge is 0.481 e. The average molecular weight is 360 g/mol. The average Bonchev–Trinajstić information content (AvgIpc) is 3.18. The van der Waals surface area contributed by atoms with Crippen LogP contribution in [0.25, 0.3) is 0 Å². The first kappa shape index (κ1) is 18.1. The number of benzene rings is 1. The standard InChI is InChI=1S/C19H21FN2O4/c20-15-5-3-14(4-6-15)16(7-8-18(23)24)21-9-11-22(12-10-21)19(25)17-2-1-13-26-17/h1-6,13,16H,7-12H2,(H,23,24)/t16-/m0/s1. The number of carbonyl (C=O) groups is 2. The van der Waals surface area contributed by atoms with E-state index in [9.17, 15) is 14.0 Å². The quantitative estimate of drug-likeness (QED) is 0.857. The molecule has 0 radical (unpaired) electrons. The topological polar surface area (TPSA) is 74.0 Å². The van der Waals surface area contributed by atoms with Crippen molar-refractivity contribution in [3.05, 3.63) is 59.8 Å². The molecule has 2 aromatic rings. The van der Waals surface area contributed by atoms with Crippen molar-refractivity contribution in [3.63, 3.8) is 0 Å². The number of halogens is 1. The normalized spacial score (nSPS) is 16.4. The molecule has 2 heterocycles. The molecule has 0 saturated carbocycles. The Kier molecular flexibility index (Phi) is 5.68. The summed E-state index contributed by atoms with van der Waals surface area (Å²) in [6.45, 7) is 2.30. The third-order valence-electron chi connectivity index (χ3n) is 4.66. The Labute approximate surface area is 150 Å². The number of aliphatic carboxylic acids is 1. The number of rotatable bonds is 6. The van der Waals surface area contributed by atoms with Gasteiger partial charge in [0.2, 0.25) is 0 Å². The molecule has 6 nitrogen and oxygen atoms in total. The van der Waals surface area contributed by atoms with Gasteiger partial charge in [0.25, 0.3) is 5.91 Å². The zero-order chi connectivity index (χ0) is 18.5. The summed E-state index contributed by atoms with van der Waals surface area (Å²) in [6.07, 6.45) is 1.95. The lowest BCUT2D eigenvalue weighted by atomic mass is 9.99. The molecule has 1 aromatic carbocycles. The highest BCUT2D eigenvalue weighted by molar-refractivity contribution is 5.91. The summed E-state index contributed by atoms with van der Waals surface area (Å²) in [5.74, 6) is -0.999. The first-order valence-corrected chi connectivity index (χ1v) is 8.58. The van der Waals surface area contributed by atoms with Crippen LogP contribution in [-0.2, 0) is 4.79 Å². The van der Waals surface area contributed by atoms with Crippen molar-refractivity contribution in [2.24, 2.45) is 0 Å². The van der Waals surface area contributed by atoms with Gasteiger partial charge in [-0.3, -0.25) is 14.5 Å². The summed E-state index contributed by atoms with van der Waals surface area (Å²) in [7, 11) is 0. The Hall–Kier alpha value is -2.67.